The summed E-state index contributed by atoms with van der Waals surface area (Å²) in [6, 6.07) is 5.71. The van der Waals surface area contributed by atoms with E-state index < -0.39 is 45.9 Å². The first-order chi connectivity index (χ1) is 18.9. The van der Waals surface area contributed by atoms with Crippen molar-refractivity contribution in [1.29, 1.82) is 0 Å². The number of aryl methyl sites for hydroxylation is 1. The normalized spacial score (nSPS) is 40.0. The highest BCUT2D eigenvalue weighted by Gasteiger charge is 2.75. The molecule has 5 rings (SSSR count). The van der Waals surface area contributed by atoms with Gasteiger partial charge in [-0.25, -0.2) is 4.39 Å². The first kappa shape index (κ1) is 28.8. The molecule has 0 saturated heterocycles. The molecule has 3 N–H and O–H groups in total. The second-order valence-electron chi connectivity index (χ2n) is 12.7. The quantitative estimate of drug-likeness (QED) is 0.438. The highest BCUT2D eigenvalue weighted by Crippen LogP contribution is 2.70. The van der Waals surface area contributed by atoms with E-state index in [9.17, 15) is 19.8 Å². The number of carbonyl (C=O) groups excluding carboxylic acids is 2. The molecule has 0 bridgehead atoms. The van der Waals surface area contributed by atoms with Gasteiger partial charge in [0.15, 0.2) is 28.6 Å². The number of benzene rings is 1. The number of rotatable bonds is 7. The number of ether oxygens (including phenoxy) is 2. The number of nitrogens with one attached hydrogen (secondary N) is 1. The number of fused-ring (bicyclic) bond motifs is 5. The lowest BCUT2D eigenvalue weighted by atomic mass is 9.44. The second-order valence-corrected chi connectivity index (χ2v) is 12.7. The Morgan fingerprint density at radius 1 is 1.18 bits per heavy atom. The minimum absolute atomic E-state index is 0.0325. The summed E-state index contributed by atoms with van der Waals surface area (Å²) in [6.45, 7) is 5.85. The highest BCUT2D eigenvalue weighted by atomic mass is 19.1. The molecule has 218 valence electrons. The van der Waals surface area contributed by atoms with Crippen LogP contribution < -0.4 is 14.8 Å². The fourth-order valence-corrected chi connectivity index (χ4v) is 8.70. The standard InChI is InChI=1S/C32H42FNO6/c1-19-15-24-23-10-9-21-17-22(35)12-13-29(21,2)31(23,33)27(36)18-30(24,3)32(19,38)28(37)34-14-6-7-20-8-11-25(39-4)26(16-20)40-5/h8,11-13,16-17,19,23-24,27,36,38H,6-7,9-10,14-15,18H2,1-5H3,(H,34,37)/t19-,23+,24+,27+,29+,30+,31+,32+/m1/s1. The highest BCUT2D eigenvalue weighted by molar-refractivity contribution is 6.01. The number of aliphatic hydroxyl groups excluding tert-OH is 1. The number of halogens is 1. The van der Waals surface area contributed by atoms with Crippen LogP contribution in [0.2, 0.25) is 0 Å². The van der Waals surface area contributed by atoms with Crippen LogP contribution >= 0.6 is 0 Å². The van der Waals surface area contributed by atoms with Crippen LogP contribution in [0.15, 0.2) is 42.0 Å². The van der Waals surface area contributed by atoms with Gasteiger partial charge < -0.3 is 25.0 Å². The van der Waals surface area contributed by atoms with Crippen LogP contribution in [0.4, 0.5) is 4.39 Å². The molecule has 4 aliphatic rings. The summed E-state index contributed by atoms with van der Waals surface area (Å²) >= 11 is 0. The van der Waals surface area contributed by atoms with E-state index in [4.69, 9.17) is 9.47 Å². The topological polar surface area (TPSA) is 105 Å². The molecule has 0 unspecified atom stereocenters. The summed E-state index contributed by atoms with van der Waals surface area (Å²) in [4.78, 5) is 25.7. The molecule has 1 aromatic rings. The Kier molecular flexibility index (Phi) is 7.19. The number of alkyl halides is 1. The molecule has 4 aliphatic carbocycles. The molecule has 0 heterocycles. The molecule has 40 heavy (non-hydrogen) atoms. The Balaban J connectivity index is 1.32. The molecule has 1 amide bonds. The third-order valence-corrected chi connectivity index (χ3v) is 10.9. The Morgan fingerprint density at radius 3 is 2.60 bits per heavy atom. The number of ketones is 1. The minimum atomic E-state index is -1.99. The van der Waals surface area contributed by atoms with Crippen molar-refractivity contribution in [2.24, 2.45) is 28.6 Å². The average Bonchev–Trinajstić information content (AvgIpc) is 3.13. The SMILES string of the molecule is COc1ccc(CCCNC(=O)[C@@]2(O)[C@H](C)C[C@H]3[C@@H]4CCC5=CC(=O)C=C[C@]5(C)[C@@]4(F)[C@@H](O)C[C@@]32C)cc1OC. The van der Waals surface area contributed by atoms with Crippen molar-refractivity contribution in [3.63, 3.8) is 0 Å². The maximum atomic E-state index is 17.3. The lowest BCUT2D eigenvalue weighted by molar-refractivity contribution is -0.219. The molecule has 8 atom stereocenters. The Hall–Kier alpha value is -2.71. The molecule has 0 aliphatic heterocycles. The smallest absolute Gasteiger partial charge is 0.252 e. The lowest BCUT2D eigenvalue weighted by Crippen LogP contribution is -2.70. The summed E-state index contributed by atoms with van der Waals surface area (Å²) in [7, 11) is 3.17. The van der Waals surface area contributed by atoms with E-state index in [2.05, 4.69) is 5.32 Å². The van der Waals surface area contributed by atoms with Gasteiger partial charge >= 0.3 is 0 Å². The molecule has 3 fully saturated rings. The van der Waals surface area contributed by atoms with Crippen molar-refractivity contribution in [3.8, 4) is 11.5 Å². The zero-order chi connectivity index (χ0) is 29.1. The van der Waals surface area contributed by atoms with Crippen molar-refractivity contribution < 1.29 is 33.7 Å². The van der Waals surface area contributed by atoms with Crippen LogP contribution in [-0.4, -0.2) is 60.0 Å². The minimum Gasteiger partial charge on any atom is -0.493 e. The molecule has 0 radical (unpaired) electrons. The molecular weight excluding hydrogens is 513 g/mol. The summed E-state index contributed by atoms with van der Waals surface area (Å²) in [5, 5.41) is 26.5. The maximum absolute atomic E-state index is 17.3. The van der Waals surface area contributed by atoms with Gasteiger partial charge in [0.25, 0.3) is 5.91 Å². The van der Waals surface area contributed by atoms with Gasteiger partial charge in [0.2, 0.25) is 0 Å². The third kappa shape index (κ3) is 3.89. The van der Waals surface area contributed by atoms with Gasteiger partial charge in [-0.05, 0) is 87.1 Å². The number of amides is 1. The van der Waals surface area contributed by atoms with Gasteiger partial charge in [-0.1, -0.05) is 31.6 Å². The second kappa shape index (κ2) is 9.98. The van der Waals surface area contributed by atoms with Gasteiger partial charge in [0, 0.05) is 23.3 Å². The molecule has 0 spiro atoms. The maximum Gasteiger partial charge on any atom is 0.252 e. The fourth-order valence-electron chi connectivity index (χ4n) is 8.70. The van der Waals surface area contributed by atoms with Crippen molar-refractivity contribution in [2.75, 3.05) is 20.8 Å². The van der Waals surface area contributed by atoms with Gasteiger partial charge in [-0.3, -0.25) is 9.59 Å². The van der Waals surface area contributed by atoms with Gasteiger partial charge in [0.05, 0.1) is 20.3 Å². The van der Waals surface area contributed by atoms with E-state index in [0.717, 1.165) is 11.1 Å². The summed E-state index contributed by atoms with van der Waals surface area (Å²) < 4.78 is 28.0. The third-order valence-electron chi connectivity index (χ3n) is 10.9. The number of hydrogen-bond acceptors (Lipinski definition) is 6. The predicted molar refractivity (Wildman–Crippen MR) is 149 cm³/mol. The monoisotopic (exact) mass is 555 g/mol. The molecule has 1 aromatic carbocycles. The lowest BCUT2D eigenvalue weighted by Gasteiger charge is -2.62. The van der Waals surface area contributed by atoms with Crippen LogP contribution in [0, 0.1) is 28.6 Å². The van der Waals surface area contributed by atoms with E-state index in [-0.39, 0.29) is 18.1 Å². The number of carbonyl (C=O) groups is 2. The van der Waals surface area contributed by atoms with E-state index in [0.29, 0.717) is 50.1 Å². The first-order valence-corrected chi connectivity index (χ1v) is 14.4. The van der Waals surface area contributed by atoms with Crippen LogP contribution in [0.3, 0.4) is 0 Å². The van der Waals surface area contributed by atoms with E-state index in [1.165, 1.54) is 12.2 Å². The van der Waals surface area contributed by atoms with E-state index in [1.807, 2.05) is 32.0 Å². The summed E-state index contributed by atoms with van der Waals surface area (Å²) in [5.41, 5.74) is -4.06. The van der Waals surface area contributed by atoms with Gasteiger partial charge in [-0.15, -0.1) is 0 Å². The zero-order valence-corrected chi connectivity index (χ0v) is 24.1. The molecule has 0 aromatic heterocycles. The summed E-state index contributed by atoms with van der Waals surface area (Å²) in [6.07, 6.45) is 5.98. The number of allylic oxidation sites excluding steroid dienone is 4. The van der Waals surface area contributed by atoms with E-state index in [1.54, 1.807) is 27.2 Å². The van der Waals surface area contributed by atoms with Crippen LogP contribution in [0.1, 0.15) is 58.4 Å². The Bertz CT molecular complexity index is 1260. The molecule has 8 heteroatoms. The predicted octanol–water partition coefficient (Wildman–Crippen LogP) is 4.10. The fraction of sp³-hybridized carbons (Fsp3) is 0.625. The van der Waals surface area contributed by atoms with Crippen molar-refractivity contribution in [3.05, 3.63) is 47.6 Å². The largest absolute Gasteiger partial charge is 0.493 e. The van der Waals surface area contributed by atoms with E-state index >= 15 is 4.39 Å². The number of hydrogen-bond donors (Lipinski definition) is 3. The number of methoxy groups -OCH3 is 2. The summed E-state index contributed by atoms with van der Waals surface area (Å²) in [5.74, 6) is -0.558. The zero-order valence-electron chi connectivity index (χ0n) is 24.1. The molecule has 7 nitrogen and oxygen atoms in total. The van der Waals surface area contributed by atoms with Gasteiger partial charge in [0.1, 0.15) is 0 Å². The van der Waals surface area contributed by atoms with Crippen LogP contribution in [0.5, 0.6) is 11.5 Å². The van der Waals surface area contributed by atoms with Crippen molar-refractivity contribution in [2.45, 2.75) is 76.7 Å². The van der Waals surface area contributed by atoms with Gasteiger partial charge in [-0.2, -0.15) is 0 Å². The van der Waals surface area contributed by atoms with Crippen LogP contribution in [0.25, 0.3) is 0 Å². The number of aliphatic hydroxyl groups is 2. The molecule has 3 saturated carbocycles. The Morgan fingerprint density at radius 2 is 1.90 bits per heavy atom. The Labute approximate surface area is 235 Å². The molecular formula is C32H42FNO6. The van der Waals surface area contributed by atoms with Crippen molar-refractivity contribution in [1.82, 2.24) is 5.32 Å². The van der Waals surface area contributed by atoms with Crippen molar-refractivity contribution >= 4 is 11.7 Å². The average molecular weight is 556 g/mol. The first-order valence-electron chi connectivity index (χ1n) is 14.4. The van der Waals surface area contributed by atoms with Crippen LogP contribution in [-0.2, 0) is 16.0 Å².